The van der Waals surface area contributed by atoms with Crippen molar-refractivity contribution in [1.82, 2.24) is 20.6 Å². The number of amides is 1. The number of nitrogens with one attached hydrogen (secondary N) is 3. The minimum absolute atomic E-state index is 0.0256. The number of carbonyl (C=O) groups excluding carboxylic acids is 1. The molecule has 3 N–H and O–H groups in total. The SMILES string of the molecule is CNC(Cc1ccc(OCc2ccccc2)cc1)C(=O)NC[C@H](C)Nc1ncnc2c1[C@H](C)SC2. The summed E-state index contributed by atoms with van der Waals surface area (Å²) in [5.74, 6) is 2.58. The molecule has 0 aliphatic carbocycles. The zero-order chi connectivity index (χ0) is 24.6. The highest BCUT2D eigenvalue weighted by atomic mass is 32.2. The van der Waals surface area contributed by atoms with Gasteiger partial charge in [0.2, 0.25) is 5.91 Å². The Hall–Kier alpha value is -3.10. The number of nitrogens with zero attached hydrogens (tertiary/aromatic N) is 2. The Morgan fingerprint density at radius 3 is 2.63 bits per heavy atom. The first kappa shape index (κ1) is 25.0. The van der Waals surface area contributed by atoms with Gasteiger partial charge in [-0.05, 0) is 50.6 Å². The third-order valence-corrected chi connectivity index (χ3v) is 7.26. The maximum absolute atomic E-state index is 12.8. The number of fused-ring (bicyclic) bond motifs is 1. The van der Waals surface area contributed by atoms with Crippen LogP contribution in [0, 0.1) is 0 Å². The number of benzene rings is 2. The predicted octanol–water partition coefficient (Wildman–Crippen LogP) is 4.11. The van der Waals surface area contributed by atoms with E-state index in [0.717, 1.165) is 34.1 Å². The Bertz CT molecular complexity index is 1110. The molecular formula is C27H33N5O2S. The molecule has 8 heteroatoms. The maximum atomic E-state index is 12.8. The molecule has 3 atom stereocenters. The highest BCUT2D eigenvalue weighted by Crippen LogP contribution is 2.43. The van der Waals surface area contributed by atoms with Crippen LogP contribution in [0.3, 0.4) is 0 Å². The van der Waals surface area contributed by atoms with E-state index in [1.807, 2.05) is 80.3 Å². The molecule has 2 aromatic carbocycles. The first-order valence-electron chi connectivity index (χ1n) is 12.0. The van der Waals surface area contributed by atoms with E-state index in [-0.39, 0.29) is 18.0 Å². The molecule has 184 valence electrons. The number of ether oxygens (including phenoxy) is 1. The van der Waals surface area contributed by atoms with Gasteiger partial charge in [-0.1, -0.05) is 42.5 Å². The lowest BCUT2D eigenvalue weighted by atomic mass is 10.1. The summed E-state index contributed by atoms with van der Waals surface area (Å²) in [7, 11) is 1.81. The molecule has 1 unspecified atom stereocenters. The number of thioether (sulfide) groups is 1. The maximum Gasteiger partial charge on any atom is 0.237 e. The highest BCUT2D eigenvalue weighted by molar-refractivity contribution is 7.99. The average Bonchev–Trinajstić information content (AvgIpc) is 3.27. The van der Waals surface area contributed by atoms with Crippen molar-refractivity contribution in [2.75, 3.05) is 18.9 Å². The summed E-state index contributed by atoms with van der Waals surface area (Å²) in [6.07, 6.45) is 2.21. The van der Waals surface area contributed by atoms with Gasteiger partial charge in [0, 0.05) is 29.2 Å². The lowest BCUT2D eigenvalue weighted by Gasteiger charge is -2.21. The summed E-state index contributed by atoms with van der Waals surface area (Å²) in [5.41, 5.74) is 4.48. The van der Waals surface area contributed by atoms with Crippen LogP contribution in [0.15, 0.2) is 60.9 Å². The minimum Gasteiger partial charge on any atom is -0.489 e. The lowest BCUT2D eigenvalue weighted by Crippen LogP contribution is -2.46. The molecule has 7 nitrogen and oxygen atoms in total. The zero-order valence-electron chi connectivity index (χ0n) is 20.5. The van der Waals surface area contributed by atoms with Gasteiger partial charge in [-0.3, -0.25) is 4.79 Å². The number of rotatable bonds is 11. The molecule has 0 saturated carbocycles. The monoisotopic (exact) mass is 491 g/mol. The fraction of sp³-hybridized carbons (Fsp3) is 0.370. The molecule has 1 amide bonds. The van der Waals surface area contributed by atoms with E-state index in [4.69, 9.17) is 4.74 Å². The second-order valence-corrected chi connectivity index (χ2v) is 10.1. The Labute approximate surface area is 211 Å². The number of likely N-dealkylation sites (N-methyl/N-ethyl adjacent to an activating group) is 1. The van der Waals surface area contributed by atoms with Gasteiger partial charge in [-0.25, -0.2) is 9.97 Å². The van der Waals surface area contributed by atoms with Crippen molar-refractivity contribution in [3.63, 3.8) is 0 Å². The van der Waals surface area contributed by atoms with Crippen LogP contribution < -0.4 is 20.7 Å². The topological polar surface area (TPSA) is 88.2 Å². The Kier molecular flexibility index (Phi) is 8.60. The molecule has 4 rings (SSSR count). The van der Waals surface area contributed by atoms with E-state index in [0.29, 0.717) is 24.8 Å². The molecule has 0 radical (unpaired) electrons. The van der Waals surface area contributed by atoms with E-state index in [1.165, 1.54) is 5.56 Å². The van der Waals surface area contributed by atoms with Crippen LogP contribution in [0.25, 0.3) is 0 Å². The van der Waals surface area contributed by atoms with E-state index in [2.05, 4.69) is 32.8 Å². The second-order valence-electron chi connectivity index (χ2n) is 8.79. The lowest BCUT2D eigenvalue weighted by molar-refractivity contribution is -0.123. The zero-order valence-corrected chi connectivity index (χ0v) is 21.3. The summed E-state index contributed by atoms with van der Waals surface area (Å²) >= 11 is 1.87. The van der Waals surface area contributed by atoms with E-state index < -0.39 is 0 Å². The summed E-state index contributed by atoms with van der Waals surface area (Å²) < 4.78 is 5.86. The van der Waals surface area contributed by atoms with Crippen LogP contribution in [-0.4, -0.2) is 41.6 Å². The summed E-state index contributed by atoms with van der Waals surface area (Å²) in [6.45, 7) is 5.26. The van der Waals surface area contributed by atoms with Crippen LogP contribution >= 0.6 is 11.8 Å². The number of carbonyl (C=O) groups is 1. The van der Waals surface area contributed by atoms with Crippen molar-refractivity contribution in [2.45, 2.75) is 50.0 Å². The smallest absolute Gasteiger partial charge is 0.237 e. The van der Waals surface area contributed by atoms with Gasteiger partial charge in [0.25, 0.3) is 0 Å². The molecular weight excluding hydrogens is 458 g/mol. The van der Waals surface area contributed by atoms with Crippen molar-refractivity contribution >= 4 is 23.5 Å². The van der Waals surface area contributed by atoms with E-state index >= 15 is 0 Å². The fourth-order valence-electron chi connectivity index (χ4n) is 4.06. The van der Waals surface area contributed by atoms with Gasteiger partial charge in [0.1, 0.15) is 24.5 Å². The van der Waals surface area contributed by atoms with Crippen LogP contribution in [0.4, 0.5) is 5.82 Å². The standard InChI is InChI=1S/C27H33N5O2S/c1-18(32-26-25-19(2)35-16-24(25)30-17-31-26)14-29-27(33)23(28-3)13-20-9-11-22(12-10-20)34-15-21-7-5-4-6-8-21/h4-12,17-19,23,28H,13-16H2,1-3H3,(H,29,33)(H,30,31,32)/t18-,19-,23?/m0/s1. The van der Waals surface area contributed by atoms with Gasteiger partial charge >= 0.3 is 0 Å². The molecule has 0 saturated heterocycles. The van der Waals surface area contributed by atoms with Gasteiger partial charge in [-0.2, -0.15) is 0 Å². The van der Waals surface area contributed by atoms with Crippen LogP contribution in [0.5, 0.6) is 5.75 Å². The third-order valence-electron chi connectivity index (χ3n) is 6.09. The average molecular weight is 492 g/mol. The third kappa shape index (κ3) is 6.74. The van der Waals surface area contributed by atoms with Gasteiger partial charge in [-0.15, -0.1) is 11.8 Å². The summed E-state index contributed by atoms with van der Waals surface area (Å²) in [6, 6.07) is 17.7. The summed E-state index contributed by atoms with van der Waals surface area (Å²) in [4.78, 5) is 21.7. The number of hydrogen-bond donors (Lipinski definition) is 3. The van der Waals surface area contributed by atoms with E-state index in [1.54, 1.807) is 6.33 Å². The van der Waals surface area contributed by atoms with Gasteiger partial charge < -0.3 is 20.7 Å². The Morgan fingerprint density at radius 1 is 1.11 bits per heavy atom. The Balaban J connectivity index is 1.25. The van der Waals surface area contributed by atoms with Crippen molar-refractivity contribution in [3.8, 4) is 5.75 Å². The van der Waals surface area contributed by atoms with Gasteiger partial charge in [0.05, 0.1) is 11.7 Å². The number of hydrogen-bond acceptors (Lipinski definition) is 7. The molecule has 0 spiro atoms. The molecule has 3 aromatic rings. The fourth-order valence-corrected chi connectivity index (χ4v) is 5.11. The normalized spacial score (nSPS) is 16.3. The first-order valence-corrected chi connectivity index (χ1v) is 13.0. The van der Waals surface area contributed by atoms with Crippen molar-refractivity contribution in [2.24, 2.45) is 0 Å². The molecule has 1 aromatic heterocycles. The summed E-state index contributed by atoms with van der Waals surface area (Å²) in [5, 5.41) is 10.0. The molecule has 0 fully saturated rings. The highest BCUT2D eigenvalue weighted by Gasteiger charge is 2.25. The Morgan fingerprint density at radius 2 is 1.89 bits per heavy atom. The largest absolute Gasteiger partial charge is 0.489 e. The van der Waals surface area contributed by atoms with Crippen molar-refractivity contribution in [3.05, 3.63) is 83.3 Å². The van der Waals surface area contributed by atoms with E-state index in [9.17, 15) is 4.79 Å². The van der Waals surface area contributed by atoms with Crippen LogP contribution in [0.2, 0.25) is 0 Å². The number of aromatic nitrogens is 2. The van der Waals surface area contributed by atoms with Gasteiger partial charge in [0.15, 0.2) is 0 Å². The second kappa shape index (κ2) is 12.0. The molecule has 1 aliphatic rings. The molecule has 2 heterocycles. The van der Waals surface area contributed by atoms with Crippen molar-refractivity contribution in [1.29, 1.82) is 0 Å². The first-order chi connectivity index (χ1) is 17.0. The molecule has 0 bridgehead atoms. The number of anilines is 1. The molecule has 1 aliphatic heterocycles. The van der Waals surface area contributed by atoms with Crippen LogP contribution in [0.1, 0.15) is 41.5 Å². The molecule has 35 heavy (non-hydrogen) atoms. The van der Waals surface area contributed by atoms with Crippen molar-refractivity contribution < 1.29 is 9.53 Å². The predicted molar refractivity (Wildman–Crippen MR) is 142 cm³/mol. The van der Waals surface area contributed by atoms with Crippen LogP contribution in [-0.2, 0) is 23.6 Å². The minimum atomic E-state index is -0.321. The quantitative estimate of drug-likeness (QED) is 0.372.